The number of hydrogen-bond donors (Lipinski definition) is 2. The van der Waals surface area contributed by atoms with E-state index in [9.17, 15) is 9.90 Å². The lowest BCUT2D eigenvalue weighted by Gasteiger charge is -2.33. The van der Waals surface area contributed by atoms with Crippen molar-refractivity contribution >= 4 is 11.7 Å². The molecule has 2 unspecified atom stereocenters. The Bertz CT molecular complexity index is 448. The Labute approximate surface area is 113 Å². The lowest BCUT2D eigenvalue weighted by molar-refractivity contribution is 0.0222. The van der Waals surface area contributed by atoms with Gasteiger partial charge in [-0.25, -0.2) is 4.79 Å². The zero-order valence-corrected chi connectivity index (χ0v) is 11.3. The third kappa shape index (κ3) is 3.45. The summed E-state index contributed by atoms with van der Waals surface area (Å²) in [6.07, 6.45) is -0.542. The van der Waals surface area contributed by atoms with E-state index >= 15 is 0 Å². The summed E-state index contributed by atoms with van der Waals surface area (Å²) in [7, 11) is 0. The molecule has 2 N–H and O–H groups in total. The van der Waals surface area contributed by atoms with E-state index in [0.717, 1.165) is 5.56 Å². The Morgan fingerprint density at radius 2 is 2.37 bits per heavy atom. The fourth-order valence-electron chi connectivity index (χ4n) is 2.10. The minimum atomic E-state index is -0.542. The fourth-order valence-corrected chi connectivity index (χ4v) is 2.10. The van der Waals surface area contributed by atoms with Gasteiger partial charge in [0.2, 0.25) is 0 Å². The van der Waals surface area contributed by atoms with Gasteiger partial charge in [-0.05, 0) is 31.5 Å². The molecule has 1 aliphatic heterocycles. The zero-order chi connectivity index (χ0) is 13.8. The summed E-state index contributed by atoms with van der Waals surface area (Å²) >= 11 is 0. The number of amides is 2. The Kier molecular flexibility index (Phi) is 4.39. The molecule has 1 aromatic carbocycles. The molecule has 0 aliphatic carbocycles. The molecule has 1 aromatic rings. The van der Waals surface area contributed by atoms with E-state index in [2.05, 4.69) is 5.32 Å². The van der Waals surface area contributed by atoms with Crippen LogP contribution in [-0.2, 0) is 4.74 Å². The van der Waals surface area contributed by atoms with Gasteiger partial charge >= 0.3 is 6.03 Å². The van der Waals surface area contributed by atoms with Gasteiger partial charge in [0.1, 0.15) is 0 Å². The van der Waals surface area contributed by atoms with E-state index in [1.54, 1.807) is 17.9 Å². The number of nitrogens with one attached hydrogen (secondary N) is 1. The van der Waals surface area contributed by atoms with Crippen LogP contribution in [0.2, 0.25) is 0 Å². The van der Waals surface area contributed by atoms with Gasteiger partial charge in [0, 0.05) is 12.2 Å². The predicted octanol–water partition coefficient (Wildman–Crippen LogP) is 1.99. The molecule has 104 valence electrons. The smallest absolute Gasteiger partial charge is 0.322 e. The summed E-state index contributed by atoms with van der Waals surface area (Å²) < 4.78 is 5.31. The quantitative estimate of drug-likeness (QED) is 0.858. The molecule has 1 aliphatic rings. The first-order valence-electron chi connectivity index (χ1n) is 6.51. The Hall–Kier alpha value is -1.59. The monoisotopic (exact) mass is 264 g/mol. The number of anilines is 1. The van der Waals surface area contributed by atoms with Crippen molar-refractivity contribution in [1.29, 1.82) is 0 Å². The molecule has 0 bridgehead atoms. The summed E-state index contributed by atoms with van der Waals surface area (Å²) in [6.45, 7) is 5.41. The normalized spacial score (nSPS) is 21.0. The van der Waals surface area contributed by atoms with Crippen LogP contribution in [0.15, 0.2) is 24.3 Å². The van der Waals surface area contributed by atoms with Gasteiger partial charge in [-0.1, -0.05) is 12.1 Å². The third-order valence-electron chi connectivity index (χ3n) is 3.25. The van der Waals surface area contributed by atoms with E-state index < -0.39 is 6.10 Å². The van der Waals surface area contributed by atoms with Crippen molar-refractivity contribution in [3.63, 3.8) is 0 Å². The van der Waals surface area contributed by atoms with Crippen LogP contribution in [0.4, 0.5) is 10.5 Å². The van der Waals surface area contributed by atoms with Crippen LogP contribution >= 0.6 is 0 Å². The molecule has 1 heterocycles. The molecule has 2 rings (SSSR count). The molecule has 0 aromatic heterocycles. The number of nitrogens with zero attached hydrogens (tertiary/aromatic N) is 1. The van der Waals surface area contributed by atoms with Gasteiger partial charge < -0.3 is 20.1 Å². The van der Waals surface area contributed by atoms with Crippen LogP contribution in [0.3, 0.4) is 0 Å². The number of hydrogen-bond acceptors (Lipinski definition) is 3. The highest BCUT2D eigenvalue weighted by Crippen LogP contribution is 2.18. The number of aliphatic hydroxyl groups is 1. The molecule has 2 amide bonds. The van der Waals surface area contributed by atoms with Crippen molar-refractivity contribution in [2.75, 3.05) is 25.1 Å². The van der Waals surface area contributed by atoms with Gasteiger partial charge in [0.25, 0.3) is 0 Å². The molecular formula is C14H20N2O3. The van der Waals surface area contributed by atoms with Gasteiger partial charge in [-0.15, -0.1) is 0 Å². The summed E-state index contributed by atoms with van der Waals surface area (Å²) in [4.78, 5) is 13.9. The van der Waals surface area contributed by atoms with Crippen molar-refractivity contribution in [3.05, 3.63) is 29.8 Å². The molecular weight excluding hydrogens is 244 g/mol. The number of ether oxygens (including phenoxy) is 1. The fraction of sp³-hybridized carbons (Fsp3) is 0.500. The van der Waals surface area contributed by atoms with Crippen molar-refractivity contribution in [2.24, 2.45) is 0 Å². The molecule has 2 atom stereocenters. The standard InChI is InChI=1S/C14H20N2O3/c1-10-9-19-7-6-16(10)14(18)15-13-5-3-4-12(8-13)11(2)17/h3-5,8,10-11,17H,6-7,9H2,1-2H3,(H,15,18). The number of aliphatic hydroxyl groups excluding tert-OH is 1. The first kappa shape index (κ1) is 13.8. The first-order valence-corrected chi connectivity index (χ1v) is 6.51. The van der Waals surface area contributed by atoms with Gasteiger partial charge in [-0.2, -0.15) is 0 Å². The van der Waals surface area contributed by atoms with E-state index in [1.165, 1.54) is 0 Å². The molecule has 1 saturated heterocycles. The number of morpholine rings is 1. The highest BCUT2D eigenvalue weighted by molar-refractivity contribution is 5.89. The molecule has 1 fully saturated rings. The SMILES string of the molecule is CC(O)c1cccc(NC(=O)N2CCOCC2C)c1. The van der Waals surface area contributed by atoms with Crippen molar-refractivity contribution in [3.8, 4) is 0 Å². The summed E-state index contributed by atoms with van der Waals surface area (Å²) in [5.41, 5.74) is 1.48. The maximum atomic E-state index is 12.2. The lowest BCUT2D eigenvalue weighted by Crippen LogP contribution is -2.48. The van der Waals surface area contributed by atoms with Crippen LogP contribution in [0.5, 0.6) is 0 Å². The van der Waals surface area contributed by atoms with Gasteiger partial charge in [0.05, 0.1) is 25.4 Å². The van der Waals surface area contributed by atoms with Crippen molar-refractivity contribution < 1.29 is 14.6 Å². The topological polar surface area (TPSA) is 61.8 Å². The second-order valence-corrected chi connectivity index (χ2v) is 4.85. The maximum absolute atomic E-state index is 12.2. The average molecular weight is 264 g/mol. The lowest BCUT2D eigenvalue weighted by atomic mass is 10.1. The minimum Gasteiger partial charge on any atom is -0.389 e. The number of benzene rings is 1. The first-order chi connectivity index (χ1) is 9.08. The summed E-state index contributed by atoms with van der Waals surface area (Å²) in [5, 5.41) is 12.4. The number of carbonyl (C=O) groups is 1. The summed E-state index contributed by atoms with van der Waals surface area (Å²) in [6, 6.07) is 7.20. The highest BCUT2D eigenvalue weighted by atomic mass is 16.5. The second kappa shape index (κ2) is 6.04. The van der Waals surface area contributed by atoms with Crippen LogP contribution in [0.1, 0.15) is 25.5 Å². The average Bonchev–Trinajstić information content (AvgIpc) is 2.39. The Morgan fingerprint density at radius 3 is 3.05 bits per heavy atom. The highest BCUT2D eigenvalue weighted by Gasteiger charge is 2.23. The van der Waals surface area contributed by atoms with E-state index in [4.69, 9.17) is 4.74 Å². The van der Waals surface area contributed by atoms with Crippen LogP contribution in [0.25, 0.3) is 0 Å². The maximum Gasteiger partial charge on any atom is 0.322 e. The predicted molar refractivity (Wildman–Crippen MR) is 73.1 cm³/mol. The summed E-state index contributed by atoms with van der Waals surface area (Å²) in [5.74, 6) is 0. The molecule has 0 spiro atoms. The Balaban J connectivity index is 2.03. The number of carbonyl (C=O) groups excluding carboxylic acids is 1. The number of urea groups is 1. The van der Waals surface area contributed by atoms with Crippen LogP contribution in [0, 0.1) is 0 Å². The molecule has 0 saturated carbocycles. The zero-order valence-electron chi connectivity index (χ0n) is 11.3. The second-order valence-electron chi connectivity index (χ2n) is 4.85. The third-order valence-corrected chi connectivity index (χ3v) is 3.25. The van der Waals surface area contributed by atoms with Gasteiger partial charge in [0.15, 0.2) is 0 Å². The molecule has 5 nitrogen and oxygen atoms in total. The van der Waals surface area contributed by atoms with E-state index in [-0.39, 0.29) is 12.1 Å². The molecule has 5 heteroatoms. The molecule has 19 heavy (non-hydrogen) atoms. The van der Waals surface area contributed by atoms with Gasteiger partial charge in [-0.3, -0.25) is 0 Å². The van der Waals surface area contributed by atoms with Crippen LogP contribution < -0.4 is 5.32 Å². The molecule has 0 radical (unpaired) electrons. The number of rotatable bonds is 2. The van der Waals surface area contributed by atoms with E-state index in [0.29, 0.717) is 25.4 Å². The van der Waals surface area contributed by atoms with E-state index in [1.807, 2.05) is 25.1 Å². The Morgan fingerprint density at radius 1 is 1.58 bits per heavy atom. The van der Waals surface area contributed by atoms with Crippen molar-refractivity contribution in [1.82, 2.24) is 4.90 Å². The van der Waals surface area contributed by atoms with Crippen LogP contribution in [-0.4, -0.2) is 41.8 Å². The minimum absolute atomic E-state index is 0.0775. The largest absolute Gasteiger partial charge is 0.389 e. The van der Waals surface area contributed by atoms with Crippen molar-refractivity contribution in [2.45, 2.75) is 26.0 Å².